The van der Waals surface area contributed by atoms with Gasteiger partial charge in [-0.15, -0.1) is 0 Å². The maximum absolute atomic E-state index is 11.0. The summed E-state index contributed by atoms with van der Waals surface area (Å²) in [5.74, 6) is 2.83. The fourth-order valence-electron chi connectivity index (χ4n) is 4.29. The number of nitro benzene ring substituents is 1. The smallest absolute Gasteiger partial charge is 0.273 e. The first-order valence-corrected chi connectivity index (χ1v) is 7.83. The second-order valence-corrected chi connectivity index (χ2v) is 7.20. The molecule has 3 aliphatic rings. The average molecular weight is 305 g/mol. The molecule has 5 heteroatoms. The molecule has 0 aliphatic heterocycles. The summed E-state index contributed by atoms with van der Waals surface area (Å²) >= 11 is 0. The quantitative estimate of drug-likeness (QED) is 0.622. The van der Waals surface area contributed by atoms with Crippen molar-refractivity contribution in [2.75, 3.05) is 7.11 Å². The molecule has 22 heavy (non-hydrogen) atoms. The highest BCUT2D eigenvalue weighted by molar-refractivity contribution is 5.48. The van der Waals surface area contributed by atoms with Crippen molar-refractivity contribution in [2.24, 2.45) is 23.2 Å². The molecule has 4 rings (SSSR count). The molecule has 1 aromatic rings. The van der Waals surface area contributed by atoms with Gasteiger partial charge in [0.05, 0.1) is 18.1 Å². The molecule has 0 unspecified atom stereocenters. The zero-order chi connectivity index (χ0) is 16.1. The third kappa shape index (κ3) is 2.23. The summed E-state index contributed by atoms with van der Waals surface area (Å²) in [7, 11) is 1.55. The van der Waals surface area contributed by atoms with Gasteiger partial charge < -0.3 is 9.47 Å². The number of rotatable bonds is 4. The third-order valence-corrected chi connectivity index (χ3v) is 5.92. The molecule has 3 aliphatic carbocycles. The van der Waals surface area contributed by atoms with Gasteiger partial charge in [-0.05, 0) is 42.1 Å². The summed E-state index contributed by atoms with van der Waals surface area (Å²) in [6.07, 6.45) is 2.39. The van der Waals surface area contributed by atoms with Crippen LogP contribution in [0, 0.1) is 33.3 Å². The van der Waals surface area contributed by atoms with E-state index < -0.39 is 4.92 Å². The first-order valence-electron chi connectivity index (χ1n) is 7.83. The Balaban J connectivity index is 1.82. The largest absolute Gasteiger partial charge is 0.493 e. The Morgan fingerprint density at radius 1 is 1.27 bits per heavy atom. The van der Waals surface area contributed by atoms with Crippen molar-refractivity contribution in [1.29, 1.82) is 0 Å². The van der Waals surface area contributed by atoms with Crippen molar-refractivity contribution >= 4 is 5.69 Å². The predicted molar refractivity (Wildman–Crippen MR) is 83.2 cm³/mol. The Morgan fingerprint density at radius 3 is 2.55 bits per heavy atom. The van der Waals surface area contributed by atoms with E-state index in [0.29, 0.717) is 34.7 Å². The number of ether oxygens (including phenoxy) is 2. The van der Waals surface area contributed by atoms with Crippen LogP contribution in [0.1, 0.15) is 33.6 Å². The topological polar surface area (TPSA) is 61.6 Å². The lowest BCUT2D eigenvalue weighted by molar-refractivity contribution is -0.385. The van der Waals surface area contributed by atoms with Crippen LogP contribution in [-0.2, 0) is 0 Å². The summed E-state index contributed by atoms with van der Waals surface area (Å²) in [5.41, 5.74) is 0.427. The second kappa shape index (κ2) is 5.14. The van der Waals surface area contributed by atoms with Gasteiger partial charge in [0.2, 0.25) is 0 Å². The molecule has 5 nitrogen and oxygen atoms in total. The van der Waals surface area contributed by atoms with Crippen LogP contribution in [0.2, 0.25) is 0 Å². The van der Waals surface area contributed by atoms with E-state index in [1.54, 1.807) is 13.2 Å². The van der Waals surface area contributed by atoms with Crippen LogP contribution in [0.15, 0.2) is 18.2 Å². The Hall–Kier alpha value is -1.78. The summed E-state index contributed by atoms with van der Waals surface area (Å²) in [6, 6.07) is 4.51. The maximum atomic E-state index is 11.0. The monoisotopic (exact) mass is 305 g/mol. The molecule has 0 amide bonds. The fraction of sp³-hybridized carbons (Fsp3) is 0.647. The van der Waals surface area contributed by atoms with Gasteiger partial charge in [0, 0.05) is 6.07 Å². The number of hydrogen-bond acceptors (Lipinski definition) is 4. The Bertz CT molecular complexity index is 598. The van der Waals surface area contributed by atoms with Crippen molar-refractivity contribution in [3.05, 3.63) is 28.3 Å². The van der Waals surface area contributed by atoms with E-state index in [1.165, 1.54) is 18.6 Å². The lowest BCUT2D eigenvalue weighted by Crippen LogP contribution is -2.57. The van der Waals surface area contributed by atoms with E-state index in [-0.39, 0.29) is 11.8 Å². The van der Waals surface area contributed by atoms with Crippen molar-refractivity contribution in [3.63, 3.8) is 0 Å². The van der Waals surface area contributed by atoms with Gasteiger partial charge in [-0.1, -0.05) is 20.8 Å². The fourth-order valence-corrected chi connectivity index (χ4v) is 4.29. The molecule has 3 saturated carbocycles. The summed E-state index contributed by atoms with van der Waals surface area (Å²) in [4.78, 5) is 10.6. The number of fused-ring (bicyclic) bond motifs is 2. The Kier molecular flexibility index (Phi) is 3.54. The number of nitro groups is 1. The van der Waals surface area contributed by atoms with Crippen LogP contribution in [0.3, 0.4) is 0 Å². The maximum Gasteiger partial charge on any atom is 0.273 e. The minimum Gasteiger partial charge on any atom is -0.493 e. The van der Waals surface area contributed by atoms with Crippen LogP contribution < -0.4 is 9.47 Å². The molecule has 0 aromatic heterocycles. The summed E-state index contributed by atoms with van der Waals surface area (Å²) < 4.78 is 11.4. The molecule has 3 fully saturated rings. The molecule has 0 radical (unpaired) electrons. The van der Waals surface area contributed by atoms with Crippen molar-refractivity contribution in [2.45, 2.75) is 39.7 Å². The van der Waals surface area contributed by atoms with Crippen LogP contribution in [0.5, 0.6) is 11.5 Å². The Labute approximate surface area is 130 Å². The zero-order valence-electron chi connectivity index (χ0n) is 13.5. The number of hydrogen-bond donors (Lipinski definition) is 0. The molecule has 0 saturated heterocycles. The highest BCUT2D eigenvalue weighted by Crippen LogP contribution is 2.61. The van der Waals surface area contributed by atoms with Crippen molar-refractivity contribution in [3.8, 4) is 11.5 Å². The van der Waals surface area contributed by atoms with Gasteiger partial charge in [0.1, 0.15) is 6.10 Å². The van der Waals surface area contributed by atoms with E-state index in [0.717, 1.165) is 6.42 Å². The number of benzene rings is 1. The molecule has 1 aromatic carbocycles. The van der Waals surface area contributed by atoms with E-state index >= 15 is 0 Å². The van der Waals surface area contributed by atoms with Crippen molar-refractivity contribution in [1.82, 2.24) is 0 Å². The van der Waals surface area contributed by atoms with Gasteiger partial charge in [-0.3, -0.25) is 10.1 Å². The van der Waals surface area contributed by atoms with E-state index in [2.05, 4.69) is 20.8 Å². The SMILES string of the molecule is COc1ccc([N+](=O)[O-])cc1O[C@@H]1C[C@H]2C[C@@H]([C@@H]1C)C2(C)C. The minimum absolute atomic E-state index is 0.0322. The number of methoxy groups -OCH3 is 1. The second-order valence-electron chi connectivity index (χ2n) is 7.20. The van der Waals surface area contributed by atoms with E-state index in [1.807, 2.05) is 0 Å². The molecular formula is C17H23NO4. The van der Waals surface area contributed by atoms with E-state index in [4.69, 9.17) is 9.47 Å². The first kappa shape index (κ1) is 15.1. The normalized spacial score (nSPS) is 32.0. The van der Waals surface area contributed by atoms with Crippen molar-refractivity contribution < 1.29 is 14.4 Å². The third-order valence-electron chi connectivity index (χ3n) is 5.92. The van der Waals surface area contributed by atoms with E-state index in [9.17, 15) is 10.1 Å². The highest BCUT2D eigenvalue weighted by Gasteiger charge is 2.57. The summed E-state index contributed by atoms with van der Waals surface area (Å²) in [6.45, 7) is 6.91. The number of nitrogens with zero attached hydrogens (tertiary/aromatic N) is 1. The molecule has 0 heterocycles. The molecule has 2 bridgehead atoms. The standard InChI is InChI=1S/C17H23NO4/c1-10-13-7-11(17(13,2)3)8-15(10)22-16-9-12(18(19)20)5-6-14(16)21-4/h5-6,9-11,13,15H,7-8H2,1-4H3/t10-,11+,13-,15+/m0/s1. The van der Waals surface area contributed by atoms with Crippen LogP contribution >= 0.6 is 0 Å². The van der Waals surface area contributed by atoms with Gasteiger partial charge in [-0.2, -0.15) is 0 Å². The molecule has 0 N–H and O–H groups in total. The lowest BCUT2D eigenvalue weighted by Gasteiger charge is -2.61. The Morgan fingerprint density at radius 2 is 2.00 bits per heavy atom. The van der Waals surface area contributed by atoms with Crippen LogP contribution in [0.4, 0.5) is 5.69 Å². The van der Waals surface area contributed by atoms with Gasteiger partial charge in [0.15, 0.2) is 11.5 Å². The molecule has 0 spiro atoms. The molecule has 120 valence electrons. The first-order chi connectivity index (χ1) is 10.3. The summed E-state index contributed by atoms with van der Waals surface area (Å²) in [5, 5.41) is 11.0. The lowest BCUT2D eigenvalue weighted by atomic mass is 9.45. The predicted octanol–water partition coefficient (Wildman–Crippen LogP) is 4.05. The van der Waals surface area contributed by atoms with Crippen LogP contribution in [0.25, 0.3) is 0 Å². The van der Waals surface area contributed by atoms with Crippen LogP contribution in [-0.4, -0.2) is 18.1 Å². The van der Waals surface area contributed by atoms with Gasteiger partial charge >= 0.3 is 0 Å². The minimum atomic E-state index is -0.406. The average Bonchev–Trinajstić information content (AvgIpc) is 2.48. The highest BCUT2D eigenvalue weighted by atomic mass is 16.6. The number of non-ortho nitro benzene ring substituents is 1. The van der Waals surface area contributed by atoms with Gasteiger partial charge in [-0.25, -0.2) is 0 Å². The molecule has 4 atom stereocenters. The molecular weight excluding hydrogens is 282 g/mol. The van der Waals surface area contributed by atoms with Gasteiger partial charge in [0.25, 0.3) is 5.69 Å². The zero-order valence-corrected chi connectivity index (χ0v) is 13.5.